The maximum Gasteiger partial charge on any atom is 0.285 e. The van der Waals surface area contributed by atoms with Crippen molar-refractivity contribution in [1.29, 1.82) is 0 Å². The molecule has 2 amide bonds. The quantitative estimate of drug-likeness (QED) is 0.680. The number of sulfonamides is 1. The number of nitrogens with one attached hydrogen (secondary N) is 2. The van der Waals surface area contributed by atoms with Crippen LogP contribution in [0.1, 0.15) is 18.4 Å². The van der Waals surface area contributed by atoms with E-state index in [4.69, 9.17) is 4.52 Å². The zero-order valence-corrected chi connectivity index (χ0v) is 17.8. The molecule has 0 aliphatic rings. The van der Waals surface area contributed by atoms with Crippen molar-refractivity contribution in [2.75, 3.05) is 19.4 Å². The molecule has 0 saturated carbocycles. The first-order chi connectivity index (χ1) is 13.0. The van der Waals surface area contributed by atoms with Gasteiger partial charge < -0.3 is 14.7 Å². The van der Waals surface area contributed by atoms with Crippen LogP contribution in [0.3, 0.4) is 0 Å². The van der Waals surface area contributed by atoms with E-state index in [1.807, 2.05) is 0 Å². The van der Waals surface area contributed by atoms with Crippen molar-refractivity contribution in [2.24, 2.45) is 0 Å². The van der Waals surface area contributed by atoms with Crippen LogP contribution in [0, 0.1) is 13.8 Å². The molecule has 1 heterocycles. The number of thioether (sulfide) groups is 1. The SMILES string of the molecule is Cc1noc(C)c1S(=O)(=O)N[C@@H](C)C(=O)Nc1ccc(SC(=O)N(C)C)cc1. The average Bonchev–Trinajstić information content (AvgIpc) is 2.95. The summed E-state index contributed by atoms with van der Waals surface area (Å²) in [6.07, 6.45) is 0. The van der Waals surface area contributed by atoms with E-state index >= 15 is 0 Å². The average molecular weight is 427 g/mol. The number of aryl methyl sites for hydroxylation is 2. The van der Waals surface area contributed by atoms with Crippen LogP contribution in [-0.4, -0.2) is 49.8 Å². The number of aromatic nitrogens is 1. The van der Waals surface area contributed by atoms with Gasteiger partial charge in [0.25, 0.3) is 5.24 Å². The summed E-state index contributed by atoms with van der Waals surface area (Å²) >= 11 is 1.06. The fraction of sp³-hybridized carbons (Fsp3) is 0.353. The van der Waals surface area contributed by atoms with Crippen LogP contribution in [-0.2, 0) is 14.8 Å². The Kier molecular flexibility index (Phi) is 6.86. The predicted molar refractivity (Wildman–Crippen MR) is 106 cm³/mol. The topological polar surface area (TPSA) is 122 Å². The number of carbonyl (C=O) groups excluding carboxylic acids is 2. The second kappa shape index (κ2) is 8.76. The van der Waals surface area contributed by atoms with E-state index in [0.717, 1.165) is 16.7 Å². The van der Waals surface area contributed by atoms with Crippen LogP contribution in [0.2, 0.25) is 0 Å². The molecule has 1 aromatic carbocycles. The third-order valence-corrected chi connectivity index (χ3v) is 6.49. The highest BCUT2D eigenvalue weighted by Gasteiger charge is 2.28. The van der Waals surface area contributed by atoms with Gasteiger partial charge in [-0.05, 0) is 56.8 Å². The molecule has 0 saturated heterocycles. The highest BCUT2D eigenvalue weighted by molar-refractivity contribution is 8.13. The van der Waals surface area contributed by atoms with Gasteiger partial charge in [-0.3, -0.25) is 9.59 Å². The Balaban J connectivity index is 2.01. The van der Waals surface area contributed by atoms with E-state index in [2.05, 4.69) is 15.2 Å². The van der Waals surface area contributed by atoms with Crippen molar-refractivity contribution in [3.8, 4) is 0 Å². The Morgan fingerprint density at radius 1 is 1.18 bits per heavy atom. The van der Waals surface area contributed by atoms with Gasteiger partial charge in [-0.25, -0.2) is 8.42 Å². The molecule has 0 aliphatic carbocycles. The van der Waals surface area contributed by atoms with Crippen LogP contribution < -0.4 is 10.0 Å². The van der Waals surface area contributed by atoms with Gasteiger partial charge in [0.2, 0.25) is 15.9 Å². The van der Waals surface area contributed by atoms with E-state index in [0.29, 0.717) is 5.69 Å². The number of benzene rings is 1. The minimum absolute atomic E-state index is 0.0703. The highest BCUT2D eigenvalue weighted by Crippen LogP contribution is 2.23. The normalized spacial score (nSPS) is 12.5. The molecule has 0 bridgehead atoms. The van der Waals surface area contributed by atoms with Crippen molar-refractivity contribution in [3.63, 3.8) is 0 Å². The molecule has 0 aliphatic heterocycles. The molecule has 0 fully saturated rings. The lowest BCUT2D eigenvalue weighted by Gasteiger charge is -2.14. The van der Waals surface area contributed by atoms with Crippen LogP contribution in [0.25, 0.3) is 0 Å². The first-order valence-electron chi connectivity index (χ1n) is 8.26. The maximum absolute atomic E-state index is 12.5. The molecule has 11 heteroatoms. The Labute approximate surface area is 167 Å². The molecule has 9 nitrogen and oxygen atoms in total. The van der Waals surface area contributed by atoms with Crippen molar-refractivity contribution >= 4 is 38.6 Å². The lowest BCUT2D eigenvalue weighted by molar-refractivity contribution is -0.117. The van der Waals surface area contributed by atoms with Crippen molar-refractivity contribution in [1.82, 2.24) is 14.8 Å². The summed E-state index contributed by atoms with van der Waals surface area (Å²) in [5.41, 5.74) is 0.702. The molecule has 0 unspecified atom stereocenters. The number of hydrogen-bond acceptors (Lipinski definition) is 7. The maximum atomic E-state index is 12.5. The summed E-state index contributed by atoms with van der Waals surface area (Å²) in [4.78, 5) is 26.1. The van der Waals surface area contributed by atoms with Gasteiger partial charge in [0.15, 0.2) is 5.76 Å². The molecule has 0 spiro atoms. The van der Waals surface area contributed by atoms with E-state index in [1.54, 1.807) is 38.4 Å². The summed E-state index contributed by atoms with van der Waals surface area (Å²) in [6, 6.07) is 5.64. The second-order valence-corrected chi connectivity index (χ2v) is 8.95. The van der Waals surface area contributed by atoms with Crippen LogP contribution in [0.5, 0.6) is 0 Å². The van der Waals surface area contributed by atoms with E-state index in [9.17, 15) is 18.0 Å². The molecule has 152 valence electrons. The molecule has 2 rings (SSSR count). The third-order valence-electron chi connectivity index (χ3n) is 3.65. The second-order valence-electron chi connectivity index (χ2n) is 6.27. The zero-order valence-electron chi connectivity index (χ0n) is 16.1. The Morgan fingerprint density at radius 2 is 1.79 bits per heavy atom. The van der Waals surface area contributed by atoms with Gasteiger partial charge in [-0.2, -0.15) is 4.72 Å². The first-order valence-corrected chi connectivity index (χ1v) is 10.6. The van der Waals surface area contributed by atoms with Crippen molar-refractivity contribution in [2.45, 2.75) is 36.6 Å². The smallest absolute Gasteiger partial charge is 0.285 e. The van der Waals surface area contributed by atoms with Crippen molar-refractivity contribution < 1.29 is 22.5 Å². The minimum Gasteiger partial charge on any atom is -0.360 e. The molecular weight excluding hydrogens is 404 g/mol. The van der Waals surface area contributed by atoms with Gasteiger partial charge in [-0.1, -0.05) is 5.16 Å². The van der Waals surface area contributed by atoms with Gasteiger partial charge in [-0.15, -0.1) is 0 Å². The van der Waals surface area contributed by atoms with Gasteiger partial charge in [0.05, 0.1) is 6.04 Å². The summed E-state index contributed by atoms with van der Waals surface area (Å²) < 4.78 is 32.1. The molecule has 28 heavy (non-hydrogen) atoms. The standard InChI is InChI=1S/C17H22N4O5S2/c1-10-15(12(3)26-19-10)28(24,25)20-11(2)16(22)18-13-6-8-14(9-7-13)27-17(23)21(4)5/h6-9,11,20H,1-5H3,(H,18,22)/t11-/m0/s1. The molecule has 1 atom stereocenters. The minimum atomic E-state index is -3.96. The zero-order chi connectivity index (χ0) is 21.1. The number of amides is 2. The first kappa shape index (κ1) is 21.9. The number of anilines is 1. The van der Waals surface area contributed by atoms with E-state index in [-0.39, 0.29) is 21.6 Å². The fourth-order valence-electron chi connectivity index (χ4n) is 2.25. The fourth-order valence-corrected chi connectivity index (χ4v) is 4.44. The van der Waals surface area contributed by atoms with Crippen molar-refractivity contribution in [3.05, 3.63) is 35.7 Å². The summed E-state index contributed by atoms with van der Waals surface area (Å²) in [5, 5.41) is 6.14. The molecular formula is C17H22N4O5S2. The lowest BCUT2D eigenvalue weighted by atomic mass is 10.3. The monoisotopic (exact) mass is 426 g/mol. The number of nitrogens with zero attached hydrogens (tertiary/aromatic N) is 2. The number of hydrogen-bond donors (Lipinski definition) is 2. The van der Waals surface area contributed by atoms with Gasteiger partial charge in [0, 0.05) is 24.7 Å². The lowest BCUT2D eigenvalue weighted by Crippen LogP contribution is -2.41. The Hall–Kier alpha value is -2.37. The molecule has 0 radical (unpaired) electrons. The molecule has 2 aromatic rings. The van der Waals surface area contributed by atoms with Crippen LogP contribution >= 0.6 is 11.8 Å². The number of rotatable bonds is 6. The van der Waals surface area contributed by atoms with Gasteiger partial charge in [0.1, 0.15) is 10.6 Å². The van der Waals surface area contributed by atoms with E-state index < -0.39 is 22.0 Å². The van der Waals surface area contributed by atoms with Crippen LogP contribution in [0.15, 0.2) is 38.6 Å². The highest BCUT2D eigenvalue weighted by atomic mass is 32.2. The number of carbonyl (C=O) groups is 2. The Bertz CT molecular complexity index is 948. The largest absolute Gasteiger partial charge is 0.360 e. The van der Waals surface area contributed by atoms with Gasteiger partial charge >= 0.3 is 0 Å². The third kappa shape index (κ3) is 5.33. The summed E-state index contributed by atoms with van der Waals surface area (Å²) in [6.45, 7) is 4.43. The van der Waals surface area contributed by atoms with Crippen LogP contribution in [0.4, 0.5) is 10.5 Å². The summed E-state index contributed by atoms with van der Waals surface area (Å²) in [5.74, 6) is -0.377. The van der Waals surface area contributed by atoms with E-state index in [1.165, 1.54) is 25.7 Å². The summed E-state index contributed by atoms with van der Waals surface area (Å²) in [7, 11) is -0.632. The molecule has 1 aromatic heterocycles. The molecule has 2 N–H and O–H groups in total. The Morgan fingerprint density at radius 3 is 2.29 bits per heavy atom. The predicted octanol–water partition coefficient (Wildman–Crippen LogP) is 2.37.